The Labute approximate surface area is 120 Å². The first-order valence-corrected chi connectivity index (χ1v) is 6.75. The average molecular weight is 324 g/mol. The van der Waals surface area contributed by atoms with Crippen molar-refractivity contribution in [3.63, 3.8) is 0 Å². The minimum Gasteiger partial charge on any atom is -0.457 e. The summed E-state index contributed by atoms with van der Waals surface area (Å²) in [4.78, 5) is 0. The van der Waals surface area contributed by atoms with E-state index in [0.29, 0.717) is 22.6 Å². The highest BCUT2D eigenvalue weighted by atomic mass is 79.9. The molecule has 0 bridgehead atoms. The maximum atomic E-state index is 13.6. The van der Waals surface area contributed by atoms with E-state index in [9.17, 15) is 4.39 Å². The summed E-state index contributed by atoms with van der Waals surface area (Å²) < 4.78 is 20.4. The van der Waals surface area contributed by atoms with Crippen molar-refractivity contribution < 1.29 is 9.13 Å². The molecule has 0 aromatic heterocycles. The van der Waals surface area contributed by atoms with Gasteiger partial charge in [-0.3, -0.25) is 0 Å². The molecule has 0 amide bonds. The molecule has 2 aromatic carbocycles. The minimum absolute atomic E-state index is 0.268. The third-order valence-electron chi connectivity index (χ3n) is 2.82. The fourth-order valence-electron chi connectivity index (χ4n) is 1.74. The monoisotopic (exact) mass is 323 g/mol. The van der Waals surface area contributed by atoms with Gasteiger partial charge >= 0.3 is 0 Å². The zero-order valence-corrected chi connectivity index (χ0v) is 12.4. The first kappa shape index (κ1) is 14.0. The molecule has 2 nitrogen and oxygen atoms in total. The molecular weight excluding hydrogens is 309 g/mol. The molecule has 2 rings (SSSR count). The van der Waals surface area contributed by atoms with Crippen molar-refractivity contribution in [1.29, 1.82) is 0 Å². The van der Waals surface area contributed by atoms with Crippen LogP contribution in [0.15, 0.2) is 40.9 Å². The molecule has 0 heterocycles. The molecule has 0 spiro atoms. The Morgan fingerprint density at radius 3 is 2.42 bits per heavy atom. The molecule has 2 N–H and O–H groups in total. The van der Waals surface area contributed by atoms with Gasteiger partial charge in [0.05, 0.1) is 0 Å². The lowest BCUT2D eigenvalue weighted by Crippen LogP contribution is -2.07. The van der Waals surface area contributed by atoms with Crippen LogP contribution in [0.2, 0.25) is 0 Å². The van der Waals surface area contributed by atoms with Gasteiger partial charge in [0.25, 0.3) is 0 Å². The molecule has 0 fully saturated rings. The van der Waals surface area contributed by atoms with E-state index in [1.807, 2.05) is 24.3 Å². The first-order chi connectivity index (χ1) is 8.97. The number of ether oxygens (including phenoxy) is 1. The molecule has 0 saturated heterocycles. The summed E-state index contributed by atoms with van der Waals surface area (Å²) in [6, 6.07) is 10.3. The van der Waals surface area contributed by atoms with Crippen LogP contribution in [0, 0.1) is 12.7 Å². The van der Waals surface area contributed by atoms with Crippen LogP contribution < -0.4 is 10.5 Å². The summed E-state index contributed by atoms with van der Waals surface area (Å²) in [6.45, 7) is 3.51. The summed E-state index contributed by atoms with van der Waals surface area (Å²) in [5, 5.41) is 0. The number of hydrogen-bond acceptors (Lipinski definition) is 2. The molecular formula is C15H15BrFNO. The molecule has 1 atom stereocenters. The highest BCUT2D eigenvalue weighted by Crippen LogP contribution is 2.31. The fourth-order valence-corrected chi connectivity index (χ4v) is 2.01. The van der Waals surface area contributed by atoms with Gasteiger partial charge in [0.2, 0.25) is 0 Å². The van der Waals surface area contributed by atoms with Crippen LogP contribution >= 0.6 is 15.9 Å². The van der Waals surface area contributed by atoms with Crippen LogP contribution in [0.3, 0.4) is 0 Å². The van der Waals surface area contributed by atoms with Gasteiger partial charge in [-0.05, 0) is 55.8 Å². The van der Waals surface area contributed by atoms with Crippen molar-refractivity contribution in [3.05, 3.63) is 57.8 Å². The van der Waals surface area contributed by atoms with Crippen LogP contribution in [0.5, 0.6) is 11.5 Å². The van der Waals surface area contributed by atoms with Gasteiger partial charge in [-0.25, -0.2) is 4.39 Å². The average Bonchev–Trinajstić information content (AvgIpc) is 2.36. The van der Waals surface area contributed by atoms with Crippen molar-refractivity contribution in [1.82, 2.24) is 0 Å². The molecule has 0 saturated carbocycles. The van der Waals surface area contributed by atoms with Crippen molar-refractivity contribution >= 4 is 15.9 Å². The summed E-state index contributed by atoms with van der Waals surface area (Å²) in [6.07, 6.45) is 0. The van der Waals surface area contributed by atoms with E-state index in [1.165, 1.54) is 6.07 Å². The van der Waals surface area contributed by atoms with Gasteiger partial charge < -0.3 is 10.5 Å². The molecule has 0 aliphatic rings. The molecule has 0 radical (unpaired) electrons. The van der Waals surface area contributed by atoms with Gasteiger partial charge in [-0.1, -0.05) is 15.9 Å². The predicted molar refractivity (Wildman–Crippen MR) is 78.0 cm³/mol. The van der Waals surface area contributed by atoms with Gasteiger partial charge in [-0.15, -0.1) is 0 Å². The Bertz CT molecular complexity index is 581. The highest BCUT2D eigenvalue weighted by molar-refractivity contribution is 9.10. The number of nitrogens with two attached hydrogens (primary N) is 1. The molecule has 0 aliphatic carbocycles. The Morgan fingerprint density at radius 2 is 1.84 bits per heavy atom. The van der Waals surface area contributed by atoms with Crippen molar-refractivity contribution in [2.24, 2.45) is 5.73 Å². The van der Waals surface area contributed by atoms with Crippen molar-refractivity contribution in [2.45, 2.75) is 19.9 Å². The van der Waals surface area contributed by atoms with Crippen molar-refractivity contribution in [2.75, 3.05) is 0 Å². The second kappa shape index (κ2) is 5.72. The number of benzene rings is 2. The Morgan fingerprint density at radius 1 is 1.21 bits per heavy atom. The van der Waals surface area contributed by atoms with Crippen LogP contribution in [-0.4, -0.2) is 0 Å². The van der Waals surface area contributed by atoms with Gasteiger partial charge in [0.1, 0.15) is 17.3 Å². The van der Waals surface area contributed by atoms with Crippen LogP contribution in [0.1, 0.15) is 24.1 Å². The van der Waals surface area contributed by atoms with Crippen LogP contribution in [0.25, 0.3) is 0 Å². The number of rotatable bonds is 3. The minimum atomic E-state index is -0.291. The van der Waals surface area contributed by atoms with Crippen molar-refractivity contribution in [3.8, 4) is 11.5 Å². The van der Waals surface area contributed by atoms with Gasteiger partial charge in [0, 0.05) is 16.1 Å². The molecule has 0 unspecified atom stereocenters. The van der Waals surface area contributed by atoms with Gasteiger partial charge in [-0.2, -0.15) is 0 Å². The second-order valence-electron chi connectivity index (χ2n) is 4.48. The second-order valence-corrected chi connectivity index (χ2v) is 5.40. The summed E-state index contributed by atoms with van der Waals surface area (Å²) in [7, 11) is 0. The predicted octanol–water partition coefficient (Wildman–Crippen LogP) is 4.71. The Hall–Kier alpha value is -1.39. The lowest BCUT2D eigenvalue weighted by Gasteiger charge is -2.15. The number of hydrogen-bond donors (Lipinski definition) is 1. The van der Waals surface area contributed by atoms with E-state index in [2.05, 4.69) is 15.9 Å². The van der Waals surface area contributed by atoms with Gasteiger partial charge in [0.15, 0.2) is 0 Å². The molecule has 2 aromatic rings. The van der Waals surface area contributed by atoms with E-state index in [1.54, 1.807) is 19.9 Å². The Balaban J connectivity index is 2.38. The SMILES string of the molecule is Cc1cc(Oc2ccc(Br)cc2)c([C@@H](C)N)cc1F. The maximum Gasteiger partial charge on any atom is 0.132 e. The normalized spacial score (nSPS) is 12.3. The zero-order chi connectivity index (χ0) is 14.0. The molecule has 0 aliphatic heterocycles. The third-order valence-corrected chi connectivity index (χ3v) is 3.35. The summed E-state index contributed by atoms with van der Waals surface area (Å²) >= 11 is 3.36. The lowest BCUT2D eigenvalue weighted by molar-refractivity contribution is 0.468. The number of halogens is 2. The quantitative estimate of drug-likeness (QED) is 0.887. The highest BCUT2D eigenvalue weighted by Gasteiger charge is 2.12. The van der Waals surface area contributed by atoms with E-state index in [0.717, 1.165) is 4.47 Å². The summed E-state index contributed by atoms with van der Waals surface area (Å²) in [5.41, 5.74) is 7.05. The molecule has 4 heteroatoms. The van der Waals surface area contributed by atoms with E-state index in [-0.39, 0.29) is 11.9 Å². The van der Waals surface area contributed by atoms with E-state index in [4.69, 9.17) is 10.5 Å². The fraction of sp³-hybridized carbons (Fsp3) is 0.200. The zero-order valence-electron chi connectivity index (χ0n) is 10.8. The maximum absolute atomic E-state index is 13.6. The standard InChI is InChI=1S/C15H15BrFNO/c1-9-7-15(13(10(2)18)8-14(9)17)19-12-5-3-11(16)4-6-12/h3-8,10H,18H2,1-2H3/t10-/m1/s1. The topological polar surface area (TPSA) is 35.2 Å². The molecule has 19 heavy (non-hydrogen) atoms. The largest absolute Gasteiger partial charge is 0.457 e. The van der Waals surface area contributed by atoms with E-state index >= 15 is 0 Å². The Kier molecular flexibility index (Phi) is 4.22. The lowest BCUT2D eigenvalue weighted by atomic mass is 10.1. The smallest absolute Gasteiger partial charge is 0.132 e. The van der Waals surface area contributed by atoms with Crippen LogP contribution in [-0.2, 0) is 0 Å². The first-order valence-electron chi connectivity index (χ1n) is 5.96. The third kappa shape index (κ3) is 3.33. The summed E-state index contributed by atoms with van der Waals surface area (Å²) in [5.74, 6) is 1.02. The number of aryl methyl sites for hydroxylation is 1. The van der Waals surface area contributed by atoms with Crippen LogP contribution in [0.4, 0.5) is 4.39 Å². The molecule has 100 valence electrons. The van der Waals surface area contributed by atoms with E-state index < -0.39 is 0 Å².